The number of hydrogen-bond acceptors (Lipinski definition) is 3. The zero-order valence-corrected chi connectivity index (χ0v) is 14.9. The predicted molar refractivity (Wildman–Crippen MR) is 95.6 cm³/mol. The molecule has 1 fully saturated rings. The highest BCUT2D eigenvalue weighted by Crippen LogP contribution is 2.31. The van der Waals surface area contributed by atoms with Crippen molar-refractivity contribution in [3.63, 3.8) is 0 Å². The molecule has 0 atom stereocenters. The van der Waals surface area contributed by atoms with E-state index in [9.17, 15) is 0 Å². The van der Waals surface area contributed by atoms with E-state index in [1.807, 2.05) is 18.2 Å². The Hall–Kier alpha value is -1.18. The normalized spacial score (nSPS) is 14.3. The first kappa shape index (κ1) is 17.9. The number of rotatable bonds is 7. The minimum Gasteiger partial charge on any atom is -0.493 e. The lowest BCUT2D eigenvalue weighted by Crippen LogP contribution is -2.32. The number of nitrogens with two attached hydrogens (primary N) is 1. The molecule has 0 radical (unpaired) electrons. The zero-order chi connectivity index (χ0) is 14.4. The summed E-state index contributed by atoms with van der Waals surface area (Å²) in [7, 11) is 3.25. The number of halogens is 1. The van der Waals surface area contributed by atoms with Crippen molar-refractivity contribution in [2.24, 2.45) is 16.6 Å². The molecule has 0 spiro atoms. The van der Waals surface area contributed by atoms with Crippen molar-refractivity contribution >= 4 is 29.9 Å². The maximum Gasteiger partial charge on any atom is 0.188 e. The van der Waals surface area contributed by atoms with Crippen LogP contribution in [0.4, 0.5) is 0 Å². The van der Waals surface area contributed by atoms with Crippen LogP contribution in [0, 0.1) is 5.92 Å². The van der Waals surface area contributed by atoms with E-state index >= 15 is 0 Å². The number of aliphatic imine (C=N–C) groups is 1. The third kappa shape index (κ3) is 5.99. The summed E-state index contributed by atoms with van der Waals surface area (Å²) < 4.78 is 10.5. The summed E-state index contributed by atoms with van der Waals surface area (Å²) in [4.78, 5) is 4.33. The van der Waals surface area contributed by atoms with E-state index in [2.05, 4.69) is 10.3 Å². The molecule has 0 amide bonds. The minimum absolute atomic E-state index is 0. The van der Waals surface area contributed by atoms with Crippen molar-refractivity contribution < 1.29 is 9.47 Å². The number of nitrogens with one attached hydrogen (secondary N) is 1. The summed E-state index contributed by atoms with van der Waals surface area (Å²) >= 11 is 0. The fraction of sp³-hybridized carbons (Fsp3) is 0.533. The SMILES string of the molecule is COc1ccc(CN=C(N)NCCC2CC2)cc1OC.I. The highest BCUT2D eigenvalue weighted by atomic mass is 127. The third-order valence-electron chi connectivity index (χ3n) is 3.44. The van der Waals surface area contributed by atoms with Crippen LogP contribution < -0.4 is 20.5 Å². The van der Waals surface area contributed by atoms with Gasteiger partial charge in [-0.3, -0.25) is 0 Å². The van der Waals surface area contributed by atoms with Crippen LogP contribution in [-0.2, 0) is 6.54 Å². The fourth-order valence-corrected chi connectivity index (χ4v) is 2.02. The van der Waals surface area contributed by atoms with E-state index in [0.29, 0.717) is 18.3 Å². The smallest absolute Gasteiger partial charge is 0.188 e. The number of benzene rings is 1. The maximum absolute atomic E-state index is 5.84. The molecule has 1 aliphatic rings. The van der Waals surface area contributed by atoms with Crippen LogP contribution >= 0.6 is 24.0 Å². The Kier molecular flexibility index (Phi) is 7.63. The largest absolute Gasteiger partial charge is 0.493 e. The Bertz CT molecular complexity index is 476. The number of methoxy groups -OCH3 is 2. The molecule has 3 N–H and O–H groups in total. The molecular formula is C15H24IN3O2. The first-order valence-electron chi connectivity index (χ1n) is 6.97. The van der Waals surface area contributed by atoms with Crippen molar-refractivity contribution in [1.29, 1.82) is 0 Å². The van der Waals surface area contributed by atoms with Crippen LogP contribution in [0.25, 0.3) is 0 Å². The molecule has 1 aliphatic carbocycles. The van der Waals surface area contributed by atoms with Gasteiger partial charge in [0, 0.05) is 6.54 Å². The van der Waals surface area contributed by atoms with E-state index in [1.165, 1.54) is 19.3 Å². The number of ether oxygens (including phenoxy) is 2. The Morgan fingerprint density at radius 3 is 2.62 bits per heavy atom. The standard InChI is InChI=1S/C15H23N3O2.HI/c1-19-13-6-5-12(9-14(13)20-2)10-18-15(16)17-8-7-11-3-4-11;/h5-6,9,11H,3-4,7-8,10H2,1-2H3,(H3,16,17,18);1H. The fourth-order valence-electron chi connectivity index (χ4n) is 2.02. The highest BCUT2D eigenvalue weighted by Gasteiger charge is 2.20. The lowest BCUT2D eigenvalue weighted by Gasteiger charge is -2.09. The highest BCUT2D eigenvalue weighted by molar-refractivity contribution is 14.0. The Morgan fingerprint density at radius 1 is 1.29 bits per heavy atom. The number of nitrogens with zero attached hydrogens (tertiary/aromatic N) is 1. The van der Waals surface area contributed by atoms with Gasteiger partial charge < -0.3 is 20.5 Å². The van der Waals surface area contributed by atoms with Crippen LogP contribution in [0.5, 0.6) is 11.5 Å². The topological polar surface area (TPSA) is 68.9 Å². The van der Waals surface area contributed by atoms with Crippen molar-refractivity contribution in [3.8, 4) is 11.5 Å². The molecule has 0 aromatic heterocycles. The van der Waals surface area contributed by atoms with Crippen LogP contribution in [0.2, 0.25) is 0 Å². The van der Waals surface area contributed by atoms with Crippen molar-refractivity contribution in [2.75, 3.05) is 20.8 Å². The Balaban J connectivity index is 0.00000220. The maximum atomic E-state index is 5.84. The lowest BCUT2D eigenvalue weighted by atomic mass is 10.2. The van der Waals surface area contributed by atoms with E-state index in [4.69, 9.17) is 15.2 Å². The van der Waals surface area contributed by atoms with Gasteiger partial charge in [0.05, 0.1) is 20.8 Å². The molecule has 0 heterocycles. The molecule has 6 heteroatoms. The van der Waals surface area contributed by atoms with Gasteiger partial charge >= 0.3 is 0 Å². The van der Waals surface area contributed by atoms with Gasteiger partial charge in [-0.15, -0.1) is 24.0 Å². The van der Waals surface area contributed by atoms with Gasteiger partial charge in [0.1, 0.15) is 0 Å². The van der Waals surface area contributed by atoms with Crippen LogP contribution in [0.1, 0.15) is 24.8 Å². The molecule has 0 bridgehead atoms. The van der Waals surface area contributed by atoms with Crippen LogP contribution in [0.3, 0.4) is 0 Å². The Morgan fingerprint density at radius 2 is 2.00 bits per heavy atom. The monoisotopic (exact) mass is 405 g/mol. The molecular weight excluding hydrogens is 381 g/mol. The summed E-state index contributed by atoms with van der Waals surface area (Å²) in [6.45, 7) is 1.44. The molecule has 2 rings (SSSR count). The molecule has 0 unspecified atom stereocenters. The molecule has 0 aliphatic heterocycles. The summed E-state index contributed by atoms with van der Waals surface area (Å²) in [5.74, 6) is 2.83. The average molecular weight is 405 g/mol. The molecule has 0 saturated heterocycles. The average Bonchev–Trinajstić information content (AvgIpc) is 3.29. The second-order valence-corrected chi connectivity index (χ2v) is 5.05. The predicted octanol–water partition coefficient (Wildman–Crippen LogP) is 2.53. The molecule has 5 nitrogen and oxygen atoms in total. The van der Waals surface area contributed by atoms with Gasteiger partial charge in [-0.05, 0) is 30.0 Å². The lowest BCUT2D eigenvalue weighted by molar-refractivity contribution is 0.354. The second-order valence-electron chi connectivity index (χ2n) is 5.05. The number of guanidine groups is 1. The van der Waals surface area contributed by atoms with Gasteiger partial charge in [0.15, 0.2) is 17.5 Å². The van der Waals surface area contributed by atoms with Crippen LogP contribution in [0.15, 0.2) is 23.2 Å². The molecule has 1 aromatic rings. The summed E-state index contributed by atoms with van der Waals surface area (Å²) in [5, 5.41) is 3.15. The van der Waals surface area contributed by atoms with E-state index in [1.54, 1.807) is 14.2 Å². The molecule has 21 heavy (non-hydrogen) atoms. The van der Waals surface area contributed by atoms with Gasteiger partial charge in [0.25, 0.3) is 0 Å². The van der Waals surface area contributed by atoms with Crippen LogP contribution in [-0.4, -0.2) is 26.7 Å². The van der Waals surface area contributed by atoms with E-state index in [-0.39, 0.29) is 24.0 Å². The van der Waals surface area contributed by atoms with E-state index in [0.717, 1.165) is 23.8 Å². The summed E-state index contributed by atoms with van der Waals surface area (Å²) in [6, 6.07) is 5.75. The molecule has 1 saturated carbocycles. The molecule has 1 aromatic carbocycles. The van der Waals surface area contributed by atoms with E-state index < -0.39 is 0 Å². The van der Waals surface area contributed by atoms with Gasteiger partial charge in [-0.1, -0.05) is 18.9 Å². The second kappa shape index (κ2) is 8.96. The quantitative estimate of drug-likeness (QED) is 0.416. The first-order chi connectivity index (χ1) is 9.72. The number of hydrogen-bond donors (Lipinski definition) is 2. The summed E-state index contributed by atoms with van der Waals surface area (Å²) in [6.07, 6.45) is 3.92. The zero-order valence-electron chi connectivity index (χ0n) is 12.6. The minimum atomic E-state index is 0. The third-order valence-corrected chi connectivity index (χ3v) is 3.44. The van der Waals surface area contributed by atoms with Gasteiger partial charge in [-0.2, -0.15) is 0 Å². The van der Waals surface area contributed by atoms with Gasteiger partial charge in [-0.25, -0.2) is 4.99 Å². The Labute approximate surface area is 143 Å². The molecule has 118 valence electrons. The first-order valence-corrected chi connectivity index (χ1v) is 6.97. The van der Waals surface area contributed by atoms with Crippen molar-refractivity contribution in [2.45, 2.75) is 25.8 Å². The van der Waals surface area contributed by atoms with Gasteiger partial charge in [0.2, 0.25) is 0 Å². The van der Waals surface area contributed by atoms with Crippen molar-refractivity contribution in [3.05, 3.63) is 23.8 Å². The summed E-state index contributed by atoms with van der Waals surface area (Å²) in [5.41, 5.74) is 6.87. The van der Waals surface area contributed by atoms with Crippen molar-refractivity contribution in [1.82, 2.24) is 5.32 Å².